The second-order valence-corrected chi connectivity index (χ2v) is 1.82. The molecule has 0 aliphatic heterocycles. The minimum atomic E-state index is -1.11. The summed E-state index contributed by atoms with van der Waals surface area (Å²) in [4.78, 5) is 10.3. The third-order valence-electron chi connectivity index (χ3n) is 1.13. The van der Waals surface area contributed by atoms with E-state index in [1.54, 1.807) is 12.1 Å². The van der Waals surface area contributed by atoms with E-state index in [9.17, 15) is 4.79 Å². The van der Waals surface area contributed by atoms with Crippen LogP contribution in [0.25, 0.3) is 0 Å². The van der Waals surface area contributed by atoms with Crippen LogP contribution in [0.2, 0.25) is 0 Å². The molecule has 4 heteroatoms. The normalized spacial score (nSPS) is 8.36. The van der Waals surface area contributed by atoms with Crippen LogP contribution < -0.4 is 0 Å². The Labute approximate surface area is 83.8 Å². The van der Waals surface area contributed by atoms with Gasteiger partial charge in [-0.2, -0.15) is 0 Å². The molecule has 11 heavy (non-hydrogen) atoms. The van der Waals surface area contributed by atoms with E-state index in [0.29, 0.717) is 0 Å². The minimum Gasteiger partial charge on any atom is -0.507 e. The van der Waals surface area contributed by atoms with Gasteiger partial charge >= 0.3 is 5.97 Å². The molecule has 0 amide bonds. The molecule has 54 valence electrons. The topological polar surface area (TPSA) is 57.5 Å². The van der Waals surface area contributed by atoms with Gasteiger partial charge in [-0.1, -0.05) is 12.1 Å². The maximum atomic E-state index is 10.3. The fourth-order valence-corrected chi connectivity index (χ4v) is 0.654. The van der Waals surface area contributed by atoms with Crippen molar-refractivity contribution in [3.05, 3.63) is 29.8 Å². The molecule has 0 saturated carbocycles. The fourth-order valence-electron chi connectivity index (χ4n) is 0.654. The number of hydrogen-bond donors (Lipinski definition) is 2. The van der Waals surface area contributed by atoms with Gasteiger partial charge in [0.05, 0.1) is 0 Å². The van der Waals surface area contributed by atoms with Gasteiger partial charge in [-0.05, 0) is 12.1 Å². The summed E-state index contributed by atoms with van der Waals surface area (Å²) in [5.41, 5.74) is -0.0671. The van der Waals surface area contributed by atoms with E-state index in [1.165, 1.54) is 12.1 Å². The van der Waals surface area contributed by atoms with E-state index in [4.69, 9.17) is 10.2 Å². The van der Waals surface area contributed by atoms with Gasteiger partial charge in [0.15, 0.2) is 0 Å². The summed E-state index contributed by atoms with van der Waals surface area (Å²) in [7, 11) is 0. The van der Waals surface area contributed by atoms with Gasteiger partial charge < -0.3 is 10.2 Å². The van der Waals surface area contributed by atoms with Crippen molar-refractivity contribution in [1.29, 1.82) is 0 Å². The van der Waals surface area contributed by atoms with Crippen LogP contribution in [0.4, 0.5) is 0 Å². The first-order valence-corrected chi connectivity index (χ1v) is 2.73. The Morgan fingerprint density at radius 1 is 1.27 bits per heavy atom. The molecule has 1 aromatic carbocycles. The average molecular weight is 251 g/mol. The van der Waals surface area contributed by atoms with Crippen LogP contribution in [0.15, 0.2) is 24.3 Å². The van der Waals surface area contributed by atoms with Gasteiger partial charge in [0.2, 0.25) is 0 Å². The number of carboxylic acids is 1. The Morgan fingerprint density at radius 3 is 2.18 bits per heavy atom. The maximum absolute atomic E-state index is 10.3. The van der Waals surface area contributed by atoms with Crippen molar-refractivity contribution < 1.29 is 42.3 Å². The Morgan fingerprint density at radius 2 is 1.82 bits per heavy atom. The fraction of sp³-hybridized carbons (Fsp3) is 0. The van der Waals surface area contributed by atoms with Crippen LogP contribution in [-0.4, -0.2) is 16.2 Å². The van der Waals surface area contributed by atoms with Crippen LogP contribution >= 0.6 is 0 Å². The van der Waals surface area contributed by atoms with Crippen LogP contribution in [0.5, 0.6) is 5.75 Å². The van der Waals surface area contributed by atoms with Gasteiger partial charge in [0.25, 0.3) is 0 Å². The molecule has 0 saturated heterocycles. The molecule has 0 spiro atoms. The standard InChI is InChI=1S/C7H6O3.Cd/c8-6-4-2-1-3-5(6)7(9)10;/h1-4,8H,(H,9,10);. The molecule has 3 nitrogen and oxygen atoms in total. The number of phenols is 1. The zero-order valence-electron chi connectivity index (χ0n) is 5.82. The Balaban J connectivity index is 0.000001000. The zero-order valence-corrected chi connectivity index (χ0v) is 9.86. The monoisotopic (exact) mass is 252 g/mol. The van der Waals surface area contributed by atoms with Gasteiger partial charge in [-0.3, -0.25) is 0 Å². The SMILES string of the molecule is O=C(O)c1ccccc1O.[Cd]. The second-order valence-electron chi connectivity index (χ2n) is 1.82. The predicted molar refractivity (Wildman–Crippen MR) is 35.1 cm³/mol. The van der Waals surface area contributed by atoms with E-state index >= 15 is 0 Å². The molecular formula is C7H6CdO3. The second kappa shape index (κ2) is 4.32. The zero-order chi connectivity index (χ0) is 7.56. The van der Waals surface area contributed by atoms with Crippen LogP contribution in [0.3, 0.4) is 0 Å². The molecule has 2 N–H and O–H groups in total. The van der Waals surface area contributed by atoms with Crippen molar-refractivity contribution in [3.8, 4) is 5.75 Å². The van der Waals surface area contributed by atoms with Crippen molar-refractivity contribution in [1.82, 2.24) is 0 Å². The molecular weight excluding hydrogens is 244 g/mol. The van der Waals surface area contributed by atoms with Crippen LogP contribution in [0.1, 0.15) is 10.4 Å². The van der Waals surface area contributed by atoms with E-state index in [1.807, 2.05) is 0 Å². The van der Waals surface area contributed by atoms with Crippen molar-refractivity contribution >= 4 is 5.97 Å². The van der Waals surface area contributed by atoms with Crippen molar-refractivity contribution in [2.24, 2.45) is 0 Å². The molecule has 0 fully saturated rings. The average Bonchev–Trinajstić information content (AvgIpc) is 1.88. The molecule has 0 bridgehead atoms. The summed E-state index contributed by atoms with van der Waals surface area (Å²) >= 11 is 0. The molecule has 1 aromatic rings. The summed E-state index contributed by atoms with van der Waals surface area (Å²) in [5.74, 6) is -1.31. The Kier molecular flexibility index (Phi) is 4.09. The first kappa shape index (κ1) is 10.4. The third-order valence-corrected chi connectivity index (χ3v) is 1.13. The van der Waals surface area contributed by atoms with Crippen LogP contribution in [0, 0.1) is 0 Å². The van der Waals surface area contributed by atoms with E-state index in [-0.39, 0.29) is 38.6 Å². The first-order chi connectivity index (χ1) is 4.72. The largest absolute Gasteiger partial charge is 0.507 e. The summed E-state index contributed by atoms with van der Waals surface area (Å²) < 4.78 is 0. The van der Waals surface area contributed by atoms with Gasteiger partial charge in [-0.25, -0.2) is 4.79 Å². The molecule has 1 rings (SSSR count). The quantitative estimate of drug-likeness (QED) is 0.734. The Hall–Kier alpha value is -0.588. The van der Waals surface area contributed by atoms with E-state index < -0.39 is 5.97 Å². The molecule has 0 unspecified atom stereocenters. The number of hydrogen-bond acceptors (Lipinski definition) is 2. The molecule has 0 heterocycles. The van der Waals surface area contributed by atoms with Crippen LogP contribution in [-0.2, 0) is 27.3 Å². The molecule has 0 radical (unpaired) electrons. The molecule has 0 aromatic heterocycles. The summed E-state index contributed by atoms with van der Waals surface area (Å²) in [5, 5.41) is 17.3. The van der Waals surface area contributed by atoms with Gasteiger partial charge in [-0.15, -0.1) is 0 Å². The molecule has 0 aliphatic rings. The van der Waals surface area contributed by atoms with E-state index in [2.05, 4.69) is 0 Å². The summed E-state index contributed by atoms with van der Waals surface area (Å²) in [6.07, 6.45) is 0. The number of para-hydroxylation sites is 1. The van der Waals surface area contributed by atoms with Crippen molar-refractivity contribution in [3.63, 3.8) is 0 Å². The van der Waals surface area contributed by atoms with Gasteiger partial charge in [0, 0.05) is 27.3 Å². The number of carbonyl (C=O) groups is 1. The molecule has 0 atom stereocenters. The van der Waals surface area contributed by atoms with E-state index in [0.717, 1.165) is 0 Å². The number of benzene rings is 1. The number of aromatic hydroxyl groups is 1. The predicted octanol–water partition coefficient (Wildman–Crippen LogP) is 1.09. The van der Waals surface area contributed by atoms with Crippen molar-refractivity contribution in [2.45, 2.75) is 0 Å². The number of carboxylic acid groups (broad SMARTS) is 1. The third kappa shape index (κ3) is 2.49. The summed E-state index contributed by atoms with van der Waals surface area (Å²) in [6, 6.07) is 5.81. The molecule has 0 aliphatic carbocycles. The maximum Gasteiger partial charge on any atom is 0.339 e. The Bertz CT molecular complexity index is 260. The minimum absolute atomic E-state index is 0. The number of rotatable bonds is 1. The van der Waals surface area contributed by atoms with Gasteiger partial charge in [0.1, 0.15) is 11.3 Å². The smallest absolute Gasteiger partial charge is 0.339 e. The number of aromatic carboxylic acids is 1. The van der Waals surface area contributed by atoms with Crippen molar-refractivity contribution in [2.75, 3.05) is 0 Å². The first-order valence-electron chi connectivity index (χ1n) is 2.73. The summed E-state index contributed by atoms with van der Waals surface area (Å²) in [6.45, 7) is 0.